The molecule has 0 aliphatic heterocycles. The van der Waals surface area contributed by atoms with E-state index in [0.717, 1.165) is 31.4 Å². The van der Waals surface area contributed by atoms with E-state index in [1.165, 1.54) is 25.3 Å². The standard InChI is InChI=1S/C17H16Cl2N2O6S/c1-26-15-6-5-12(9-16(15)28(24,25)20-10-3-2-4-10)27-17-13(18)7-11(21(22)23)8-14(17)19/h5-10,20H,2-4H2,1H3. The Bertz CT molecular complexity index is 1000. The van der Waals surface area contributed by atoms with E-state index in [1.807, 2.05) is 0 Å². The lowest BCUT2D eigenvalue weighted by Gasteiger charge is -2.26. The van der Waals surface area contributed by atoms with E-state index in [4.69, 9.17) is 32.7 Å². The summed E-state index contributed by atoms with van der Waals surface area (Å²) in [6.07, 6.45) is 2.54. The molecule has 0 spiro atoms. The fourth-order valence-electron chi connectivity index (χ4n) is 2.61. The average molecular weight is 447 g/mol. The first kappa shape index (κ1) is 20.7. The van der Waals surface area contributed by atoms with Crippen LogP contribution in [0.5, 0.6) is 17.2 Å². The van der Waals surface area contributed by atoms with Crippen molar-refractivity contribution in [1.29, 1.82) is 0 Å². The van der Waals surface area contributed by atoms with Gasteiger partial charge in [0.1, 0.15) is 16.4 Å². The molecule has 28 heavy (non-hydrogen) atoms. The highest BCUT2D eigenvalue weighted by Crippen LogP contribution is 2.40. The van der Waals surface area contributed by atoms with Gasteiger partial charge in [-0.1, -0.05) is 29.6 Å². The number of hydrogen-bond donors (Lipinski definition) is 1. The third kappa shape index (κ3) is 4.33. The van der Waals surface area contributed by atoms with Gasteiger partial charge < -0.3 is 9.47 Å². The molecule has 0 aromatic heterocycles. The number of ether oxygens (including phenoxy) is 2. The zero-order valence-electron chi connectivity index (χ0n) is 14.6. The number of benzene rings is 2. The Balaban J connectivity index is 1.95. The normalized spacial score (nSPS) is 14.4. The molecule has 0 unspecified atom stereocenters. The molecule has 1 fully saturated rings. The molecule has 1 saturated carbocycles. The summed E-state index contributed by atoms with van der Waals surface area (Å²) < 4.78 is 38.8. The molecule has 8 nitrogen and oxygen atoms in total. The minimum Gasteiger partial charge on any atom is -0.495 e. The predicted molar refractivity (Wildman–Crippen MR) is 104 cm³/mol. The number of halogens is 2. The van der Waals surface area contributed by atoms with Gasteiger partial charge in [0, 0.05) is 24.2 Å². The predicted octanol–water partition coefficient (Wildman–Crippen LogP) is 4.53. The minimum absolute atomic E-state index is 0.0191. The van der Waals surface area contributed by atoms with Crippen LogP contribution in [0.1, 0.15) is 19.3 Å². The molecule has 0 amide bonds. The van der Waals surface area contributed by atoms with Crippen LogP contribution in [-0.2, 0) is 10.0 Å². The monoisotopic (exact) mass is 446 g/mol. The van der Waals surface area contributed by atoms with Crippen molar-refractivity contribution < 1.29 is 22.8 Å². The van der Waals surface area contributed by atoms with Gasteiger partial charge in [0.2, 0.25) is 10.0 Å². The van der Waals surface area contributed by atoms with Crippen LogP contribution < -0.4 is 14.2 Å². The minimum atomic E-state index is -3.83. The summed E-state index contributed by atoms with van der Waals surface area (Å²) in [6, 6.07) is 6.31. The summed E-state index contributed by atoms with van der Waals surface area (Å²) in [6.45, 7) is 0. The number of hydrogen-bond acceptors (Lipinski definition) is 6. The Hall–Kier alpha value is -2.07. The van der Waals surface area contributed by atoms with Crippen molar-refractivity contribution in [2.75, 3.05) is 7.11 Å². The summed E-state index contributed by atoms with van der Waals surface area (Å²) in [7, 11) is -2.46. The van der Waals surface area contributed by atoms with Gasteiger partial charge in [0.25, 0.3) is 5.69 Å². The SMILES string of the molecule is COc1ccc(Oc2c(Cl)cc([N+](=O)[O-])cc2Cl)cc1S(=O)(=O)NC1CCC1. The number of nitro benzene ring substituents is 1. The fourth-order valence-corrected chi connectivity index (χ4v) is 4.65. The van der Waals surface area contributed by atoms with Gasteiger partial charge in [-0.05, 0) is 25.0 Å². The van der Waals surface area contributed by atoms with Crippen molar-refractivity contribution >= 4 is 38.9 Å². The summed E-state index contributed by atoms with van der Waals surface area (Å²) in [5, 5.41) is 10.7. The lowest BCUT2D eigenvalue weighted by atomic mass is 9.94. The van der Waals surface area contributed by atoms with E-state index < -0.39 is 14.9 Å². The van der Waals surface area contributed by atoms with Crippen LogP contribution in [-0.4, -0.2) is 26.5 Å². The van der Waals surface area contributed by atoms with E-state index in [0.29, 0.717) is 0 Å². The molecule has 0 saturated heterocycles. The summed E-state index contributed by atoms with van der Waals surface area (Å²) in [5.74, 6) is 0.266. The molecule has 1 N–H and O–H groups in total. The van der Waals surface area contributed by atoms with Crippen molar-refractivity contribution in [2.45, 2.75) is 30.2 Å². The van der Waals surface area contributed by atoms with Gasteiger partial charge in [-0.2, -0.15) is 0 Å². The van der Waals surface area contributed by atoms with Crippen LogP contribution in [0.2, 0.25) is 10.0 Å². The van der Waals surface area contributed by atoms with E-state index >= 15 is 0 Å². The molecule has 0 bridgehead atoms. The van der Waals surface area contributed by atoms with Gasteiger partial charge >= 0.3 is 0 Å². The van der Waals surface area contributed by atoms with Crippen LogP contribution in [0.25, 0.3) is 0 Å². The number of rotatable bonds is 7. The number of methoxy groups -OCH3 is 1. The van der Waals surface area contributed by atoms with Crippen molar-refractivity contribution in [1.82, 2.24) is 4.72 Å². The first-order valence-corrected chi connectivity index (χ1v) is 10.5. The highest BCUT2D eigenvalue weighted by atomic mass is 35.5. The summed E-state index contributed by atoms with van der Waals surface area (Å²) >= 11 is 12.1. The Kier molecular flexibility index (Phi) is 5.99. The molecular weight excluding hydrogens is 431 g/mol. The third-order valence-electron chi connectivity index (χ3n) is 4.27. The van der Waals surface area contributed by atoms with Gasteiger partial charge in [-0.15, -0.1) is 0 Å². The second kappa shape index (κ2) is 8.12. The molecule has 0 atom stereocenters. The third-order valence-corrected chi connectivity index (χ3v) is 6.37. The van der Waals surface area contributed by atoms with Crippen LogP contribution in [0.4, 0.5) is 5.69 Å². The number of sulfonamides is 1. The number of nitrogens with one attached hydrogen (secondary N) is 1. The smallest absolute Gasteiger partial charge is 0.272 e. The number of nitro groups is 1. The Morgan fingerprint density at radius 2 is 1.82 bits per heavy atom. The van der Waals surface area contributed by atoms with Crippen molar-refractivity contribution in [3.8, 4) is 17.2 Å². The maximum Gasteiger partial charge on any atom is 0.272 e. The molecule has 0 radical (unpaired) electrons. The molecule has 1 aliphatic rings. The van der Waals surface area contributed by atoms with Gasteiger partial charge in [-0.3, -0.25) is 10.1 Å². The molecule has 1 aliphatic carbocycles. The fraction of sp³-hybridized carbons (Fsp3) is 0.294. The Morgan fingerprint density at radius 1 is 1.18 bits per heavy atom. The first-order valence-electron chi connectivity index (χ1n) is 8.23. The van der Waals surface area contributed by atoms with E-state index in [1.54, 1.807) is 0 Å². The highest BCUT2D eigenvalue weighted by molar-refractivity contribution is 7.89. The van der Waals surface area contributed by atoms with Gasteiger partial charge in [-0.25, -0.2) is 13.1 Å². The highest BCUT2D eigenvalue weighted by Gasteiger charge is 2.28. The molecule has 3 rings (SSSR count). The molecular formula is C17H16Cl2N2O6S. The topological polar surface area (TPSA) is 108 Å². The van der Waals surface area contributed by atoms with Gasteiger partial charge in [0.15, 0.2) is 5.75 Å². The second-order valence-electron chi connectivity index (χ2n) is 6.16. The second-order valence-corrected chi connectivity index (χ2v) is 8.66. The number of non-ortho nitro benzene ring substituents is 1. The lowest BCUT2D eigenvalue weighted by molar-refractivity contribution is -0.384. The van der Waals surface area contributed by atoms with Crippen LogP contribution in [0.15, 0.2) is 35.2 Å². The zero-order valence-corrected chi connectivity index (χ0v) is 17.0. The zero-order chi connectivity index (χ0) is 20.5. The molecule has 150 valence electrons. The van der Waals surface area contributed by atoms with E-state index in [9.17, 15) is 18.5 Å². The van der Waals surface area contributed by atoms with Crippen molar-refractivity contribution in [3.05, 3.63) is 50.5 Å². The number of nitrogens with zero attached hydrogens (tertiary/aromatic N) is 1. The van der Waals surface area contributed by atoms with E-state index in [-0.39, 0.29) is 43.9 Å². The quantitative estimate of drug-likeness (QED) is 0.494. The molecule has 2 aromatic rings. The maximum atomic E-state index is 12.7. The van der Waals surface area contributed by atoms with Crippen LogP contribution in [0.3, 0.4) is 0 Å². The van der Waals surface area contributed by atoms with E-state index in [2.05, 4.69) is 4.72 Å². The largest absolute Gasteiger partial charge is 0.495 e. The molecule has 2 aromatic carbocycles. The first-order chi connectivity index (χ1) is 13.2. The average Bonchev–Trinajstić information content (AvgIpc) is 2.61. The summed E-state index contributed by atoms with van der Waals surface area (Å²) in [5.41, 5.74) is -0.287. The van der Waals surface area contributed by atoms with Gasteiger partial charge in [0.05, 0.1) is 22.1 Å². The van der Waals surface area contributed by atoms with Crippen LogP contribution >= 0.6 is 23.2 Å². The summed E-state index contributed by atoms with van der Waals surface area (Å²) in [4.78, 5) is 10.2. The molecule has 0 heterocycles. The maximum absolute atomic E-state index is 12.7. The van der Waals surface area contributed by atoms with Crippen molar-refractivity contribution in [3.63, 3.8) is 0 Å². The Labute approximate surface area is 171 Å². The van der Waals surface area contributed by atoms with Crippen molar-refractivity contribution in [2.24, 2.45) is 0 Å². The Morgan fingerprint density at radius 3 is 2.32 bits per heavy atom. The van der Waals surface area contributed by atoms with Crippen LogP contribution in [0, 0.1) is 10.1 Å². The lowest BCUT2D eigenvalue weighted by Crippen LogP contribution is -2.39. The molecule has 11 heteroatoms.